The third-order valence-electron chi connectivity index (χ3n) is 5.92. The van der Waals surface area contributed by atoms with Crippen LogP contribution in [-0.4, -0.2) is 39.0 Å². The summed E-state index contributed by atoms with van der Waals surface area (Å²) in [7, 11) is 0. The van der Waals surface area contributed by atoms with Gasteiger partial charge in [-0.1, -0.05) is 30.0 Å². The number of nitrogens with zero attached hydrogens (tertiary/aromatic N) is 3. The van der Waals surface area contributed by atoms with E-state index in [0.717, 1.165) is 42.2 Å². The molecule has 0 fully saturated rings. The number of hydrogen-bond donors (Lipinski definition) is 1. The molecule has 1 aliphatic carbocycles. The quantitative estimate of drug-likeness (QED) is 0.245. The van der Waals surface area contributed by atoms with Gasteiger partial charge in [-0.05, 0) is 57.2 Å². The molecular formula is C25H26N4O4S2. The number of aryl methyl sites for hydroxylation is 1. The van der Waals surface area contributed by atoms with Gasteiger partial charge in [0.05, 0.1) is 17.9 Å². The number of aromatic nitrogens is 3. The van der Waals surface area contributed by atoms with Crippen LogP contribution in [0.5, 0.6) is 0 Å². The van der Waals surface area contributed by atoms with E-state index in [0.29, 0.717) is 40.5 Å². The second-order valence-corrected chi connectivity index (χ2v) is 10.2. The average Bonchev–Trinajstić information content (AvgIpc) is 3.56. The maximum Gasteiger partial charge on any atom is 0.341 e. The number of fused-ring (bicyclic) bond motifs is 2. The average molecular weight is 511 g/mol. The lowest BCUT2D eigenvalue weighted by Gasteiger charge is -2.12. The number of para-hydroxylation sites is 1. The van der Waals surface area contributed by atoms with Crippen LogP contribution in [0, 0.1) is 0 Å². The van der Waals surface area contributed by atoms with Gasteiger partial charge >= 0.3 is 5.97 Å². The third-order valence-corrected chi connectivity index (χ3v) is 8.09. The zero-order valence-electron chi connectivity index (χ0n) is 19.6. The van der Waals surface area contributed by atoms with Gasteiger partial charge in [0.2, 0.25) is 11.7 Å². The lowest BCUT2D eigenvalue weighted by molar-refractivity contribution is -0.113. The van der Waals surface area contributed by atoms with Gasteiger partial charge in [0.1, 0.15) is 10.6 Å². The summed E-state index contributed by atoms with van der Waals surface area (Å²) in [4.78, 5) is 26.7. The minimum absolute atomic E-state index is 0.142. The molecular weight excluding hydrogens is 484 g/mol. The lowest BCUT2D eigenvalue weighted by Crippen LogP contribution is -2.17. The molecule has 3 aromatic heterocycles. The Balaban J connectivity index is 1.31. The molecule has 0 saturated heterocycles. The van der Waals surface area contributed by atoms with Gasteiger partial charge in [-0.15, -0.1) is 21.5 Å². The molecule has 0 spiro atoms. The number of nitrogens with one attached hydrogen (secondary N) is 1. The van der Waals surface area contributed by atoms with Crippen LogP contribution in [-0.2, 0) is 28.9 Å². The van der Waals surface area contributed by atoms with Crippen molar-refractivity contribution < 1.29 is 18.7 Å². The molecule has 1 aliphatic rings. The number of carbonyl (C=O) groups excluding carboxylic acids is 2. The maximum atomic E-state index is 12.9. The number of ether oxygens (including phenoxy) is 1. The first-order chi connectivity index (χ1) is 17.1. The second kappa shape index (κ2) is 10.2. The smallest absolute Gasteiger partial charge is 0.341 e. The van der Waals surface area contributed by atoms with E-state index in [-0.39, 0.29) is 17.6 Å². The maximum absolute atomic E-state index is 12.9. The summed E-state index contributed by atoms with van der Waals surface area (Å²) in [6.45, 7) is 4.72. The van der Waals surface area contributed by atoms with Gasteiger partial charge in [0.25, 0.3) is 0 Å². The minimum atomic E-state index is -0.365. The highest BCUT2D eigenvalue weighted by atomic mass is 32.2. The fraction of sp³-hybridized carbons (Fsp3) is 0.360. The van der Waals surface area contributed by atoms with Gasteiger partial charge in [-0.3, -0.25) is 9.36 Å². The Morgan fingerprint density at radius 3 is 2.83 bits per heavy atom. The van der Waals surface area contributed by atoms with Crippen LogP contribution in [0.15, 0.2) is 39.9 Å². The van der Waals surface area contributed by atoms with Crippen molar-refractivity contribution >= 4 is 50.9 Å². The van der Waals surface area contributed by atoms with Crippen LogP contribution in [0.2, 0.25) is 0 Å². The molecule has 1 aromatic carbocycles. The van der Waals surface area contributed by atoms with Gasteiger partial charge in [0, 0.05) is 16.8 Å². The van der Waals surface area contributed by atoms with Gasteiger partial charge in [-0.2, -0.15) is 0 Å². The van der Waals surface area contributed by atoms with Crippen molar-refractivity contribution in [3.63, 3.8) is 0 Å². The summed E-state index contributed by atoms with van der Waals surface area (Å²) in [5.74, 6) is 0.844. The number of amides is 1. The Labute approximate surface area is 211 Å². The monoisotopic (exact) mass is 510 g/mol. The number of thioether (sulfide) groups is 1. The Kier molecular flexibility index (Phi) is 6.92. The van der Waals surface area contributed by atoms with Crippen LogP contribution in [0.1, 0.15) is 47.5 Å². The van der Waals surface area contributed by atoms with E-state index in [2.05, 4.69) is 15.5 Å². The van der Waals surface area contributed by atoms with Crippen LogP contribution in [0.25, 0.3) is 22.6 Å². The highest BCUT2D eigenvalue weighted by Gasteiger charge is 2.27. The first kappa shape index (κ1) is 23.6. The number of thiophene rings is 1. The van der Waals surface area contributed by atoms with Crippen molar-refractivity contribution in [2.24, 2.45) is 0 Å². The number of esters is 1. The van der Waals surface area contributed by atoms with Crippen molar-refractivity contribution in [2.75, 3.05) is 17.7 Å². The van der Waals surface area contributed by atoms with Crippen LogP contribution in [0.3, 0.4) is 0 Å². The molecule has 0 saturated carbocycles. The van der Waals surface area contributed by atoms with Gasteiger partial charge in [-0.25, -0.2) is 4.79 Å². The van der Waals surface area contributed by atoms with Crippen molar-refractivity contribution in [2.45, 2.75) is 51.2 Å². The summed E-state index contributed by atoms with van der Waals surface area (Å²) in [5, 5.41) is 13.8. The lowest BCUT2D eigenvalue weighted by atomic mass is 9.95. The summed E-state index contributed by atoms with van der Waals surface area (Å²) in [5.41, 5.74) is 2.34. The fourth-order valence-electron chi connectivity index (χ4n) is 4.32. The highest BCUT2D eigenvalue weighted by Crippen LogP contribution is 2.39. The molecule has 0 bridgehead atoms. The van der Waals surface area contributed by atoms with Crippen LogP contribution >= 0.6 is 23.1 Å². The number of furan rings is 1. The van der Waals surface area contributed by atoms with Gasteiger partial charge in [0.15, 0.2) is 10.9 Å². The Hall–Kier alpha value is -3.11. The van der Waals surface area contributed by atoms with Crippen molar-refractivity contribution in [3.05, 3.63) is 46.3 Å². The molecule has 4 aromatic rings. The van der Waals surface area contributed by atoms with E-state index >= 15 is 0 Å². The minimum Gasteiger partial charge on any atom is -0.462 e. The van der Waals surface area contributed by atoms with Crippen molar-refractivity contribution in [1.29, 1.82) is 0 Å². The molecule has 3 heterocycles. The Morgan fingerprint density at radius 1 is 1.20 bits per heavy atom. The standard InChI is InChI=1S/C25H26N4O4S2/c1-3-29-22(18-13-15-9-5-7-11-17(15)33-18)27-28-25(29)34-14-20(30)26-23-21(24(31)32-4-2)16-10-6-8-12-19(16)35-23/h5,7,9,11,13H,3-4,6,8,10,12,14H2,1-2H3,(H,26,30). The van der Waals surface area contributed by atoms with E-state index < -0.39 is 0 Å². The second-order valence-electron chi connectivity index (χ2n) is 8.17. The molecule has 0 aliphatic heterocycles. The van der Waals surface area contributed by atoms with Crippen LogP contribution < -0.4 is 5.32 Å². The number of hydrogen-bond acceptors (Lipinski definition) is 8. The molecule has 0 atom stereocenters. The zero-order chi connectivity index (χ0) is 24.4. The fourth-order valence-corrected chi connectivity index (χ4v) is 6.42. The number of carbonyl (C=O) groups is 2. The molecule has 8 nitrogen and oxygen atoms in total. The SMILES string of the molecule is CCOC(=O)c1c(NC(=O)CSc2nnc(-c3cc4ccccc4o3)n2CC)sc2c1CCCC2. The molecule has 1 N–H and O–H groups in total. The Morgan fingerprint density at radius 2 is 2.03 bits per heavy atom. The number of benzene rings is 1. The summed E-state index contributed by atoms with van der Waals surface area (Å²) in [6, 6.07) is 9.74. The Bertz CT molecular complexity index is 1350. The molecule has 0 unspecified atom stereocenters. The predicted molar refractivity (Wildman–Crippen MR) is 137 cm³/mol. The highest BCUT2D eigenvalue weighted by molar-refractivity contribution is 7.99. The summed E-state index contributed by atoms with van der Waals surface area (Å²) < 4.78 is 13.2. The first-order valence-corrected chi connectivity index (χ1v) is 13.6. The molecule has 10 heteroatoms. The van der Waals surface area contributed by atoms with E-state index in [1.165, 1.54) is 28.0 Å². The van der Waals surface area contributed by atoms with E-state index in [9.17, 15) is 9.59 Å². The first-order valence-electron chi connectivity index (χ1n) is 11.8. The molecule has 5 rings (SSSR count). The van der Waals surface area contributed by atoms with Gasteiger partial charge < -0.3 is 14.5 Å². The van der Waals surface area contributed by atoms with E-state index in [4.69, 9.17) is 9.15 Å². The third kappa shape index (κ3) is 4.72. The molecule has 35 heavy (non-hydrogen) atoms. The van der Waals surface area contributed by atoms with E-state index in [1.807, 2.05) is 41.8 Å². The van der Waals surface area contributed by atoms with Crippen LogP contribution in [0.4, 0.5) is 5.00 Å². The van der Waals surface area contributed by atoms with E-state index in [1.54, 1.807) is 6.92 Å². The number of rotatable bonds is 8. The number of anilines is 1. The summed E-state index contributed by atoms with van der Waals surface area (Å²) in [6.07, 6.45) is 3.91. The molecule has 0 radical (unpaired) electrons. The molecule has 1 amide bonds. The normalized spacial score (nSPS) is 13.1. The topological polar surface area (TPSA) is 99.2 Å². The van der Waals surface area contributed by atoms with Crippen molar-refractivity contribution in [3.8, 4) is 11.6 Å². The zero-order valence-corrected chi connectivity index (χ0v) is 21.3. The summed E-state index contributed by atoms with van der Waals surface area (Å²) >= 11 is 2.79. The van der Waals surface area contributed by atoms with Crippen molar-refractivity contribution in [1.82, 2.24) is 14.8 Å². The molecule has 182 valence electrons. The predicted octanol–water partition coefficient (Wildman–Crippen LogP) is 5.56. The largest absolute Gasteiger partial charge is 0.462 e.